The van der Waals surface area contributed by atoms with Gasteiger partial charge in [0.05, 0.1) is 23.4 Å². The van der Waals surface area contributed by atoms with Gasteiger partial charge in [-0.1, -0.05) is 0 Å². The van der Waals surface area contributed by atoms with E-state index >= 15 is 0 Å². The highest BCUT2D eigenvalue weighted by atomic mass is 79.9. The van der Waals surface area contributed by atoms with Gasteiger partial charge in [0.15, 0.2) is 0 Å². The molecular formula is C13H11BrN2O2S. The molecule has 2 aromatic heterocycles. The fraction of sp³-hybridized carbons (Fsp3) is 0.154. The van der Waals surface area contributed by atoms with E-state index in [9.17, 15) is 4.79 Å². The Morgan fingerprint density at radius 1 is 1.26 bits per heavy atom. The molecule has 0 atom stereocenters. The van der Waals surface area contributed by atoms with E-state index < -0.39 is 0 Å². The summed E-state index contributed by atoms with van der Waals surface area (Å²) in [4.78, 5) is 19.7. The fourth-order valence-electron chi connectivity index (χ4n) is 1.34. The molecule has 4 nitrogen and oxygen atoms in total. The number of methoxy groups -OCH3 is 1. The van der Waals surface area contributed by atoms with Crippen molar-refractivity contribution in [3.8, 4) is 0 Å². The summed E-state index contributed by atoms with van der Waals surface area (Å²) in [5, 5.41) is 0.932. The Labute approximate surface area is 123 Å². The SMILES string of the molecule is COC(=O)c1ccc(CSc2ccc(Br)cn2)nc1. The molecule has 0 saturated heterocycles. The van der Waals surface area contributed by atoms with Gasteiger partial charge < -0.3 is 4.74 Å². The van der Waals surface area contributed by atoms with E-state index in [2.05, 4.69) is 30.6 Å². The van der Waals surface area contributed by atoms with Crippen LogP contribution in [0.5, 0.6) is 0 Å². The topological polar surface area (TPSA) is 52.1 Å². The lowest BCUT2D eigenvalue weighted by atomic mass is 10.2. The van der Waals surface area contributed by atoms with E-state index in [0.29, 0.717) is 11.3 Å². The third-order valence-electron chi connectivity index (χ3n) is 2.31. The maximum atomic E-state index is 11.3. The van der Waals surface area contributed by atoms with Crippen LogP contribution in [0.1, 0.15) is 16.1 Å². The molecule has 0 aromatic carbocycles. The summed E-state index contributed by atoms with van der Waals surface area (Å²) in [7, 11) is 1.35. The molecule has 2 heterocycles. The third-order valence-corrected chi connectivity index (χ3v) is 3.76. The van der Waals surface area contributed by atoms with E-state index in [0.717, 1.165) is 15.2 Å². The van der Waals surface area contributed by atoms with Crippen LogP contribution in [-0.2, 0) is 10.5 Å². The lowest BCUT2D eigenvalue weighted by Crippen LogP contribution is -2.02. The molecule has 0 aliphatic rings. The van der Waals surface area contributed by atoms with Crippen molar-refractivity contribution < 1.29 is 9.53 Å². The van der Waals surface area contributed by atoms with Crippen LogP contribution >= 0.6 is 27.7 Å². The second kappa shape index (κ2) is 6.68. The van der Waals surface area contributed by atoms with Gasteiger partial charge in [-0.2, -0.15) is 0 Å². The number of rotatable bonds is 4. The minimum Gasteiger partial charge on any atom is -0.465 e. The van der Waals surface area contributed by atoms with Gasteiger partial charge in [0, 0.05) is 22.6 Å². The average molecular weight is 339 g/mol. The molecule has 0 radical (unpaired) electrons. The summed E-state index contributed by atoms with van der Waals surface area (Å²) in [6, 6.07) is 7.42. The van der Waals surface area contributed by atoms with Crippen LogP contribution in [0.2, 0.25) is 0 Å². The molecular weight excluding hydrogens is 328 g/mol. The first-order valence-corrected chi connectivity index (χ1v) is 7.24. The molecule has 0 unspecified atom stereocenters. The van der Waals surface area contributed by atoms with Crippen LogP contribution in [-0.4, -0.2) is 23.0 Å². The highest BCUT2D eigenvalue weighted by molar-refractivity contribution is 9.10. The number of hydrogen-bond donors (Lipinski definition) is 0. The summed E-state index contributed by atoms with van der Waals surface area (Å²) in [6.45, 7) is 0. The van der Waals surface area contributed by atoms with Crippen molar-refractivity contribution in [3.63, 3.8) is 0 Å². The van der Waals surface area contributed by atoms with Crippen molar-refractivity contribution in [2.24, 2.45) is 0 Å². The summed E-state index contributed by atoms with van der Waals surface area (Å²) in [5.41, 5.74) is 1.35. The lowest BCUT2D eigenvalue weighted by molar-refractivity contribution is 0.0600. The predicted octanol–water partition coefficient (Wildman–Crippen LogP) is 3.32. The summed E-state index contributed by atoms with van der Waals surface area (Å²) in [6.07, 6.45) is 3.28. The Balaban J connectivity index is 1.96. The number of hydrogen-bond acceptors (Lipinski definition) is 5. The van der Waals surface area contributed by atoms with Gasteiger partial charge >= 0.3 is 5.97 Å². The summed E-state index contributed by atoms with van der Waals surface area (Å²) in [5.74, 6) is 0.331. The van der Waals surface area contributed by atoms with Crippen molar-refractivity contribution in [1.29, 1.82) is 0 Å². The predicted molar refractivity (Wildman–Crippen MR) is 77.1 cm³/mol. The second-order valence-corrected chi connectivity index (χ2v) is 5.54. The van der Waals surface area contributed by atoms with Gasteiger partial charge in [-0.3, -0.25) is 4.98 Å². The van der Waals surface area contributed by atoms with Crippen molar-refractivity contribution in [1.82, 2.24) is 9.97 Å². The first kappa shape index (κ1) is 14.0. The largest absolute Gasteiger partial charge is 0.465 e. The standard InChI is InChI=1S/C13H11BrN2O2S/c1-18-13(17)9-2-4-11(15-6-9)8-19-12-5-3-10(14)7-16-12/h2-7H,8H2,1H3. The lowest BCUT2D eigenvalue weighted by Gasteiger charge is -2.02. The molecule has 19 heavy (non-hydrogen) atoms. The molecule has 2 rings (SSSR count). The smallest absolute Gasteiger partial charge is 0.339 e. The number of pyridine rings is 2. The Bertz CT molecular complexity index is 558. The minimum absolute atomic E-state index is 0.374. The van der Waals surface area contributed by atoms with Crippen LogP contribution in [0, 0.1) is 0 Å². The fourth-order valence-corrected chi connectivity index (χ4v) is 2.34. The first-order valence-electron chi connectivity index (χ1n) is 5.46. The molecule has 6 heteroatoms. The van der Waals surface area contributed by atoms with E-state index in [-0.39, 0.29) is 5.97 Å². The van der Waals surface area contributed by atoms with Crippen LogP contribution in [0.15, 0.2) is 46.2 Å². The summed E-state index contributed by atoms with van der Waals surface area (Å²) < 4.78 is 5.57. The maximum absolute atomic E-state index is 11.3. The Morgan fingerprint density at radius 3 is 2.68 bits per heavy atom. The number of thioether (sulfide) groups is 1. The van der Waals surface area contributed by atoms with Crippen molar-refractivity contribution in [2.45, 2.75) is 10.8 Å². The Kier molecular flexibility index (Phi) is 4.93. The Morgan fingerprint density at radius 2 is 2.11 bits per heavy atom. The third kappa shape index (κ3) is 4.04. The van der Waals surface area contributed by atoms with Gasteiger partial charge in [0.1, 0.15) is 0 Å². The molecule has 0 fully saturated rings. The zero-order valence-corrected chi connectivity index (χ0v) is 12.6. The second-order valence-electron chi connectivity index (χ2n) is 3.63. The molecule has 0 amide bonds. The van der Waals surface area contributed by atoms with Crippen LogP contribution in [0.4, 0.5) is 0 Å². The van der Waals surface area contributed by atoms with E-state index in [1.165, 1.54) is 13.3 Å². The van der Waals surface area contributed by atoms with Crippen LogP contribution < -0.4 is 0 Å². The maximum Gasteiger partial charge on any atom is 0.339 e. The van der Waals surface area contributed by atoms with Gasteiger partial charge in [-0.05, 0) is 40.2 Å². The molecule has 98 valence electrons. The molecule has 0 aliphatic heterocycles. The zero-order valence-electron chi connectivity index (χ0n) is 10.2. The van der Waals surface area contributed by atoms with Gasteiger partial charge in [-0.15, -0.1) is 11.8 Å². The quantitative estimate of drug-likeness (QED) is 0.632. The van der Waals surface area contributed by atoms with Gasteiger partial charge in [-0.25, -0.2) is 9.78 Å². The molecule has 0 spiro atoms. The average Bonchev–Trinajstić information content (AvgIpc) is 2.46. The van der Waals surface area contributed by atoms with Gasteiger partial charge in [0.2, 0.25) is 0 Å². The monoisotopic (exact) mass is 338 g/mol. The van der Waals surface area contributed by atoms with E-state index in [1.807, 2.05) is 18.2 Å². The zero-order chi connectivity index (χ0) is 13.7. The highest BCUT2D eigenvalue weighted by Crippen LogP contribution is 2.21. The highest BCUT2D eigenvalue weighted by Gasteiger charge is 2.05. The van der Waals surface area contributed by atoms with E-state index in [1.54, 1.807) is 24.0 Å². The molecule has 2 aromatic rings. The molecule has 0 N–H and O–H groups in total. The minimum atomic E-state index is -0.374. The van der Waals surface area contributed by atoms with Gasteiger partial charge in [0.25, 0.3) is 0 Å². The molecule has 0 saturated carbocycles. The number of ether oxygens (including phenoxy) is 1. The number of carbonyl (C=O) groups is 1. The van der Waals surface area contributed by atoms with E-state index in [4.69, 9.17) is 0 Å². The number of aromatic nitrogens is 2. The number of esters is 1. The van der Waals surface area contributed by atoms with Crippen molar-refractivity contribution >= 4 is 33.7 Å². The number of halogens is 1. The Hall–Kier alpha value is -1.40. The normalized spacial score (nSPS) is 10.2. The van der Waals surface area contributed by atoms with Crippen molar-refractivity contribution in [2.75, 3.05) is 7.11 Å². The first-order chi connectivity index (χ1) is 9.19. The number of carbonyl (C=O) groups excluding carboxylic acids is 1. The van der Waals surface area contributed by atoms with Crippen molar-refractivity contribution in [3.05, 3.63) is 52.4 Å². The van der Waals surface area contributed by atoms with Crippen LogP contribution in [0.25, 0.3) is 0 Å². The molecule has 0 aliphatic carbocycles. The van der Waals surface area contributed by atoms with Crippen LogP contribution in [0.3, 0.4) is 0 Å². The number of nitrogens with zero attached hydrogens (tertiary/aromatic N) is 2. The molecule has 0 bridgehead atoms. The summed E-state index contributed by atoms with van der Waals surface area (Å²) >= 11 is 4.93.